The third-order valence-electron chi connectivity index (χ3n) is 19.1. The van der Waals surface area contributed by atoms with Crippen molar-refractivity contribution < 1.29 is 32.9 Å². The molecule has 0 bridgehead atoms. The molecule has 0 saturated heterocycles. The first-order chi connectivity index (χ1) is 44.5. The zero-order chi connectivity index (χ0) is 66.2. The molecule has 3 N–H and O–H groups in total. The molecule has 540 valence electrons. The number of phosphoric ester groups is 1. The number of quaternary nitrogens is 1. The summed E-state index contributed by atoms with van der Waals surface area (Å²) in [4.78, 5) is 23.5. The second kappa shape index (κ2) is 73.0. The highest BCUT2D eigenvalue weighted by Gasteiger charge is 2.28. The van der Waals surface area contributed by atoms with Gasteiger partial charge in [0.25, 0.3) is 0 Å². The van der Waals surface area contributed by atoms with Gasteiger partial charge in [-0.2, -0.15) is 0 Å². The van der Waals surface area contributed by atoms with Gasteiger partial charge in [0.2, 0.25) is 5.91 Å². The summed E-state index contributed by atoms with van der Waals surface area (Å²) in [6.07, 6.45) is 99.4. The Bertz CT molecular complexity index is 1580. The van der Waals surface area contributed by atoms with Crippen LogP contribution >= 0.6 is 7.82 Å². The summed E-state index contributed by atoms with van der Waals surface area (Å²) in [7, 11) is 1.57. The standard InChI is InChI=1S/C82H161N2O6P/c1-6-8-10-12-14-16-18-20-22-24-26-28-30-32-34-36-38-39-40-41-42-43-44-45-46-48-50-52-54-56-58-60-62-64-66-68-70-72-74-76-82(86)83-80(79-90-91(87,88)89-78-77-84(3,4)5)81(85)75-73-71-69-67-65-63-61-59-57-55-53-51-49-47-37-35-33-31-29-27-25-23-21-19-17-15-13-11-9-7-2/h57,59,65,67,73,75,80-81,85H,6-56,58,60-64,66,68-72,74,76-79H2,1-5H3,(H-,83,86,87,88)/p+1/b59-57+,67-65+,75-73+. The Hall–Kier alpha value is -1.28. The zero-order valence-electron chi connectivity index (χ0n) is 62.1. The number of carbonyl (C=O) groups is 1. The van der Waals surface area contributed by atoms with Crippen molar-refractivity contribution in [3.63, 3.8) is 0 Å². The number of carbonyl (C=O) groups excluding carboxylic acids is 1. The van der Waals surface area contributed by atoms with Gasteiger partial charge in [-0.1, -0.05) is 416 Å². The van der Waals surface area contributed by atoms with Crippen molar-refractivity contribution >= 4 is 13.7 Å². The lowest BCUT2D eigenvalue weighted by Gasteiger charge is -2.25. The van der Waals surface area contributed by atoms with E-state index in [1.54, 1.807) is 6.08 Å². The molecule has 0 aromatic rings. The Kier molecular flexibility index (Phi) is 72.0. The van der Waals surface area contributed by atoms with Gasteiger partial charge >= 0.3 is 7.82 Å². The summed E-state index contributed by atoms with van der Waals surface area (Å²) in [5.74, 6) is -0.181. The van der Waals surface area contributed by atoms with E-state index in [1.807, 2.05) is 27.2 Å². The molecule has 0 spiro atoms. The number of likely N-dealkylation sites (N-methyl/N-ethyl adjacent to an activating group) is 1. The molecule has 91 heavy (non-hydrogen) atoms. The molecule has 0 fully saturated rings. The summed E-state index contributed by atoms with van der Waals surface area (Å²) in [5.41, 5.74) is 0. The number of rotatable bonds is 77. The number of hydrogen-bond donors (Lipinski definition) is 3. The summed E-state index contributed by atoms with van der Waals surface area (Å²) >= 11 is 0. The van der Waals surface area contributed by atoms with Crippen LogP contribution in [0.3, 0.4) is 0 Å². The molecule has 0 aromatic carbocycles. The summed E-state index contributed by atoms with van der Waals surface area (Å²) in [6, 6.07) is -0.870. The molecular weight excluding hydrogens is 1140 g/mol. The molecule has 0 saturated carbocycles. The Morgan fingerprint density at radius 3 is 0.879 bits per heavy atom. The van der Waals surface area contributed by atoms with Gasteiger partial charge in [-0.25, -0.2) is 4.57 Å². The van der Waals surface area contributed by atoms with E-state index >= 15 is 0 Å². The number of unbranched alkanes of at least 4 members (excludes halogenated alkanes) is 60. The lowest BCUT2D eigenvalue weighted by molar-refractivity contribution is -0.870. The van der Waals surface area contributed by atoms with Crippen LogP contribution in [0.15, 0.2) is 36.5 Å². The first-order valence-electron chi connectivity index (χ1n) is 40.9. The fraction of sp³-hybridized carbons (Fsp3) is 0.915. The van der Waals surface area contributed by atoms with Crippen LogP contribution in [-0.4, -0.2) is 73.4 Å². The van der Waals surface area contributed by atoms with Gasteiger partial charge in [-0.15, -0.1) is 0 Å². The van der Waals surface area contributed by atoms with E-state index in [0.717, 1.165) is 44.9 Å². The smallest absolute Gasteiger partial charge is 0.387 e. The highest BCUT2D eigenvalue weighted by Crippen LogP contribution is 2.43. The number of allylic oxidation sites excluding steroid dienone is 5. The van der Waals surface area contributed by atoms with Crippen LogP contribution in [0.5, 0.6) is 0 Å². The second-order valence-corrected chi connectivity index (χ2v) is 30.9. The van der Waals surface area contributed by atoms with Gasteiger partial charge in [0.05, 0.1) is 39.9 Å². The fourth-order valence-corrected chi connectivity index (χ4v) is 13.5. The Morgan fingerprint density at radius 2 is 0.604 bits per heavy atom. The summed E-state index contributed by atoms with van der Waals surface area (Å²) in [6.45, 7) is 4.86. The number of aliphatic hydroxyl groups is 1. The largest absolute Gasteiger partial charge is 0.472 e. The monoisotopic (exact) mass is 1300 g/mol. The number of amides is 1. The Morgan fingerprint density at radius 1 is 0.363 bits per heavy atom. The van der Waals surface area contributed by atoms with Crippen molar-refractivity contribution in [3.8, 4) is 0 Å². The van der Waals surface area contributed by atoms with Crippen molar-refractivity contribution in [1.82, 2.24) is 5.32 Å². The molecule has 3 atom stereocenters. The molecule has 1 amide bonds. The third-order valence-corrected chi connectivity index (χ3v) is 20.1. The van der Waals surface area contributed by atoms with Crippen LogP contribution in [-0.2, 0) is 18.4 Å². The molecule has 0 rings (SSSR count). The number of aliphatic hydroxyl groups excluding tert-OH is 1. The van der Waals surface area contributed by atoms with Crippen molar-refractivity contribution in [2.45, 2.75) is 443 Å². The van der Waals surface area contributed by atoms with Crippen LogP contribution in [0, 0.1) is 0 Å². The van der Waals surface area contributed by atoms with Crippen molar-refractivity contribution in [2.75, 3.05) is 40.9 Å². The Balaban J connectivity index is 3.96. The molecule has 0 aliphatic heterocycles. The maximum atomic E-state index is 13.1. The molecule has 0 aliphatic carbocycles. The fourth-order valence-electron chi connectivity index (χ4n) is 12.8. The highest BCUT2D eigenvalue weighted by atomic mass is 31.2. The number of hydrogen-bond acceptors (Lipinski definition) is 5. The molecule has 9 heteroatoms. The van der Waals surface area contributed by atoms with Crippen molar-refractivity contribution in [3.05, 3.63) is 36.5 Å². The van der Waals surface area contributed by atoms with E-state index in [0.29, 0.717) is 17.4 Å². The predicted octanol–water partition coefficient (Wildman–Crippen LogP) is 26.7. The first-order valence-corrected chi connectivity index (χ1v) is 42.4. The zero-order valence-corrected chi connectivity index (χ0v) is 63.0. The maximum absolute atomic E-state index is 13.1. The number of nitrogens with zero attached hydrogens (tertiary/aromatic N) is 1. The Labute approximate surface area is 569 Å². The molecule has 0 heterocycles. The summed E-state index contributed by atoms with van der Waals surface area (Å²) in [5, 5.41) is 14.0. The topological polar surface area (TPSA) is 105 Å². The van der Waals surface area contributed by atoms with Gasteiger partial charge in [0.15, 0.2) is 0 Å². The first kappa shape index (κ1) is 89.7. The van der Waals surface area contributed by atoms with Gasteiger partial charge in [-0.3, -0.25) is 13.8 Å². The van der Waals surface area contributed by atoms with Crippen LogP contribution in [0.2, 0.25) is 0 Å². The van der Waals surface area contributed by atoms with Crippen molar-refractivity contribution in [1.29, 1.82) is 0 Å². The van der Waals surface area contributed by atoms with E-state index in [-0.39, 0.29) is 19.1 Å². The minimum atomic E-state index is -4.37. The van der Waals surface area contributed by atoms with Gasteiger partial charge in [0, 0.05) is 6.42 Å². The second-order valence-electron chi connectivity index (χ2n) is 29.5. The minimum absolute atomic E-state index is 0.0556. The normalized spacial score (nSPS) is 13.6. The van der Waals surface area contributed by atoms with E-state index in [2.05, 4.69) is 43.5 Å². The van der Waals surface area contributed by atoms with Gasteiger partial charge in [0.1, 0.15) is 13.2 Å². The molecular formula is C82H162N2O6P+. The van der Waals surface area contributed by atoms with Crippen LogP contribution in [0.25, 0.3) is 0 Å². The van der Waals surface area contributed by atoms with Crippen LogP contribution < -0.4 is 5.32 Å². The molecule has 0 aromatic heterocycles. The van der Waals surface area contributed by atoms with Gasteiger partial charge < -0.3 is 19.8 Å². The van der Waals surface area contributed by atoms with Gasteiger partial charge in [-0.05, 0) is 44.9 Å². The predicted molar refractivity (Wildman–Crippen MR) is 401 cm³/mol. The van der Waals surface area contributed by atoms with Crippen molar-refractivity contribution in [2.24, 2.45) is 0 Å². The highest BCUT2D eigenvalue weighted by molar-refractivity contribution is 7.47. The quantitative estimate of drug-likeness (QED) is 0.0243. The maximum Gasteiger partial charge on any atom is 0.472 e. The van der Waals surface area contributed by atoms with E-state index < -0.39 is 20.0 Å². The van der Waals surface area contributed by atoms with E-state index in [4.69, 9.17) is 9.05 Å². The lowest BCUT2D eigenvalue weighted by atomic mass is 10.0. The minimum Gasteiger partial charge on any atom is -0.387 e. The van der Waals surface area contributed by atoms with E-state index in [1.165, 1.54) is 366 Å². The average Bonchev–Trinajstić information content (AvgIpc) is 3.46. The van der Waals surface area contributed by atoms with Crippen LogP contribution in [0.1, 0.15) is 431 Å². The number of phosphoric acid groups is 1. The summed E-state index contributed by atoms with van der Waals surface area (Å²) < 4.78 is 23.9. The molecule has 0 radical (unpaired) electrons. The molecule has 3 unspecified atom stereocenters. The molecule has 8 nitrogen and oxygen atoms in total. The third kappa shape index (κ3) is 76.0. The molecule has 0 aliphatic rings. The lowest BCUT2D eigenvalue weighted by Crippen LogP contribution is -2.45. The number of nitrogens with one attached hydrogen (secondary N) is 1. The SMILES string of the molecule is CCCCCCCCCCCCCCCCCCCCCC/C=C/CC/C=C/CC/C=C/C(O)C(COP(=O)(O)OCC[N+](C)(C)C)NC(=O)CCCCCCCCCCCCCCCCCCCCCCCCCCCCCCCCCCCCCCCCC. The van der Waals surface area contributed by atoms with Crippen LogP contribution in [0.4, 0.5) is 0 Å². The van der Waals surface area contributed by atoms with E-state index in [9.17, 15) is 19.4 Å². The average molecular weight is 1300 g/mol.